The summed E-state index contributed by atoms with van der Waals surface area (Å²) in [5.74, 6) is -0.883. The zero-order valence-corrected chi connectivity index (χ0v) is 11.7. The molecule has 22 heavy (non-hydrogen) atoms. The van der Waals surface area contributed by atoms with Crippen molar-refractivity contribution in [2.75, 3.05) is 11.9 Å². The van der Waals surface area contributed by atoms with Gasteiger partial charge in [0.25, 0.3) is 5.91 Å². The van der Waals surface area contributed by atoms with E-state index in [-0.39, 0.29) is 11.6 Å². The number of hydrogen-bond acceptors (Lipinski definition) is 5. The molecule has 112 valence electrons. The predicted octanol–water partition coefficient (Wildman–Crippen LogP) is 0.900. The van der Waals surface area contributed by atoms with E-state index in [0.29, 0.717) is 30.9 Å². The van der Waals surface area contributed by atoms with Crippen LogP contribution in [0.25, 0.3) is 0 Å². The Labute approximate surface area is 126 Å². The highest BCUT2D eigenvalue weighted by Crippen LogP contribution is 2.15. The fourth-order valence-corrected chi connectivity index (χ4v) is 2.17. The SMILES string of the molecule is NC(=O)c1ccc(NC(=O)c2cc3c(nn2)CCOC3)cc1. The molecule has 2 aromatic rings. The van der Waals surface area contributed by atoms with Crippen molar-refractivity contribution in [1.29, 1.82) is 0 Å². The number of carbonyl (C=O) groups is 2. The molecule has 0 atom stereocenters. The Morgan fingerprint density at radius 1 is 1.18 bits per heavy atom. The predicted molar refractivity (Wildman–Crippen MR) is 78.3 cm³/mol. The largest absolute Gasteiger partial charge is 0.376 e. The number of hydrogen-bond donors (Lipinski definition) is 2. The Hall–Kier alpha value is -2.80. The number of amides is 2. The minimum Gasteiger partial charge on any atom is -0.376 e. The molecule has 1 aliphatic heterocycles. The van der Waals surface area contributed by atoms with Crippen molar-refractivity contribution in [2.24, 2.45) is 5.73 Å². The van der Waals surface area contributed by atoms with E-state index in [4.69, 9.17) is 10.5 Å². The Morgan fingerprint density at radius 2 is 1.95 bits per heavy atom. The molecule has 1 aromatic heterocycles. The number of ether oxygens (including phenoxy) is 1. The van der Waals surface area contributed by atoms with E-state index >= 15 is 0 Å². The van der Waals surface area contributed by atoms with Crippen molar-refractivity contribution in [3.05, 3.63) is 52.8 Å². The third-order valence-electron chi connectivity index (χ3n) is 3.36. The molecule has 0 saturated heterocycles. The number of carbonyl (C=O) groups excluding carboxylic acids is 2. The molecular formula is C15H14N4O3. The Bertz CT molecular complexity index is 728. The second-order valence-electron chi connectivity index (χ2n) is 4.90. The molecule has 0 spiro atoms. The summed E-state index contributed by atoms with van der Waals surface area (Å²) in [7, 11) is 0. The van der Waals surface area contributed by atoms with Crippen molar-refractivity contribution in [2.45, 2.75) is 13.0 Å². The van der Waals surface area contributed by atoms with Crippen LogP contribution in [0.5, 0.6) is 0 Å². The van der Waals surface area contributed by atoms with Gasteiger partial charge < -0.3 is 15.8 Å². The van der Waals surface area contributed by atoms with E-state index in [1.54, 1.807) is 30.3 Å². The van der Waals surface area contributed by atoms with Crippen LogP contribution in [0.4, 0.5) is 5.69 Å². The molecule has 1 aromatic carbocycles. The van der Waals surface area contributed by atoms with Gasteiger partial charge in [-0.1, -0.05) is 0 Å². The average Bonchev–Trinajstić information content (AvgIpc) is 2.55. The van der Waals surface area contributed by atoms with Crippen LogP contribution in [0.3, 0.4) is 0 Å². The van der Waals surface area contributed by atoms with Gasteiger partial charge in [0.2, 0.25) is 5.91 Å². The summed E-state index contributed by atoms with van der Waals surface area (Å²) in [6.07, 6.45) is 0.707. The zero-order valence-electron chi connectivity index (χ0n) is 11.7. The number of nitrogens with two attached hydrogens (primary N) is 1. The maximum Gasteiger partial charge on any atom is 0.276 e. The molecule has 7 heteroatoms. The molecule has 2 amide bonds. The number of nitrogens with zero attached hydrogens (tertiary/aromatic N) is 2. The fraction of sp³-hybridized carbons (Fsp3) is 0.200. The van der Waals surface area contributed by atoms with Gasteiger partial charge >= 0.3 is 0 Å². The van der Waals surface area contributed by atoms with Crippen LogP contribution in [0.2, 0.25) is 0 Å². The van der Waals surface area contributed by atoms with Gasteiger partial charge in [0, 0.05) is 23.2 Å². The van der Waals surface area contributed by atoms with E-state index in [2.05, 4.69) is 15.5 Å². The minimum atomic E-state index is -0.515. The van der Waals surface area contributed by atoms with E-state index < -0.39 is 5.91 Å². The first-order valence-electron chi connectivity index (χ1n) is 6.78. The molecule has 0 unspecified atom stereocenters. The van der Waals surface area contributed by atoms with E-state index in [1.165, 1.54) is 0 Å². The topological polar surface area (TPSA) is 107 Å². The molecule has 0 radical (unpaired) electrons. The monoisotopic (exact) mass is 298 g/mol. The van der Waals surface area contributed by atoms with Crippen molar-refractivity contribution in [3.63, 3.8) is 0 Å². The minimum absolute atomic E-state index is 0.225. The zero-order chi connectivity index (χ0) is 15.5. The van der Waals surface area contributed by atoms with Crippen molar-refractivity contribution in [1.82, 2.24) is 10.2 Å². The van der Waals surface area contributed by atoms with E-state index in [9.17, 15) is 9.59 Å². The Balaban J connectivity index is 1.75. The molecular weight excluding hydrogens is 284 g/mol. The smallest absolute Gasteiger partial charge is 0.276 e. The number of aromatic nitrogens is 2. The molecule has 0 saturated carbocycles. The standard InChI is InChI=1S/C15H14N4O3/c16-14(20)9-1-3-11(4-2-9)17-15(21)13-7-10-8-22-6-5-12(10)18-19-13/h1-4,7H,5-6,8H2,(H2,16,20)(H,17,21). The van der Waals surface area contributed by atoms with Gasteiger partial charge in [-0.15, -0.1) is 5.10 Å². The molecule has 3 rings (SSSR count). The molecule has 7 nitrogen and oxygen atoms in total. The third kappa shape index (κ3) is 2.94. The molecule has 0 fully saturated rings. The maximum absolute atomic E-state index is 12.2. The van der Waals surface area contributed by atoms with Crippen LogP contribution < -0.4 is 11.1 Å². The Kier molecular flexibility index (Phi) is 3.80. The van der Waals surface area contributed by atoms with Crippen LogP contribution >= 0.6 is 0 Å². The van der Waals surface area contributed by atoms with E-state index in [1.807, 2.05) is 0 Å². The average molecular weight is 298 g/mol. The van der Waals surface area contributed by atoms with Gasteiger partial charge in [0.1, 0.15) is 0 Å². The lowest BCUT2D eigenvalue weighted by Crippen LogP contribution is -2.19. The quantitative estimate of drug-likeness (QED) is 0.875. The summed E-state index contributed by atoms with van der Waals surface area (Å²) < 4.78 is 5.34. The summed E-state index contributed by atoms with van der Waals surface area (Å²) in [5, 5.41) is 10.7. The van der Waals surface area contributed by atoms with Gasteiger partial charge in [-0.3, -0.25) is 9.59 Å². The number of benzene rings is 1. The van der Waals surface area contributed by atoms with Crippen molar-refractivity contribution in [3.8, 4) is 0 Å². The van der Waals surface area contributed by atoms with E-state index in [0.717, 1.165) is 11.3 Å². The highest BCUT2D eigenvalue weighted by molar-refractivity contribution is 6.03. The molecule has 0 bridgehead atoms. The van der Waals surface area contributed by atoms with Crippen molar-refractivity contribution >= 4 is 17.5 Å². The van der Waals surface area contributed by atoms with Gasteiger partial charge in [0.15, 0.2) is 5.69 Å². The molecule has 3 N–H and O–H groups in total. The summed E-state index contributed by atoms with van der Waals surface area (Å²) in [6, 6.07) is 7.99. The summed E-state index contributed by atoms with van der Waals surface area (Å²) in [6.45, 7) is 1.07. The Morgan fingerprint density at radius 3 is 2.68 bits per heavy atom. The molecule has 0 aliphatic carbocycles. The number of primary amides is 1. The first-order valence-corrected chi connectivity index (χ1v) is 6.78. The normalized spacial score (nSPS) is 13.3. The van der Waals surface area contributed by atoms with Gasteiger partial charge in [0.05, 0.1) is 18.9 Å². The van der Waals surface area contributed by atoms with Crippen LogP contribution in [0, 0.1) is 0 Å². The van der Waals surface area contributed by atoms with Crippen LogP contribution in [-0.4, -0.2) is 28.6 Å². The number of fused-ring (bicyclic) bond motifs is 1. The molecule has 2 heterocycles. The highest BCUT2D eigenvalue weighted by atomic mass is 16.5. The summed E-state index contributed by atoms with van der Waals surface area (Å²) in [5.41, 5.74) is 8.07. The number of rotatable bonds is 3. The number of nitrogens with one attached hydrogen (secondary N) is 1. The van der Waals surface area contributed by atoms with Gasteiger partial charge in [-0.05, 0) is 30.3 Å². The number of anilines is 1. The van der Waals surface area contributed by atoms with Gasteiger partial charge in [-0.25, -0.2) is 0 Å². The van der Waals surface area contributed by atoms with Crippen LogP contribution in [0.15, 0.2) is 30.3 Å². The lowest BCUT2D eigenvalue weighted by molar-refractivity contribution is 0.0996. The highest BCUT2D eigenvalue weighted by Gasteiger charge is 2.16. The molecule has 1 aliphatic rings. The first kappa shape index (κ1) is 14.2. The first-order chi connectivity index (χ1) is 10.6. The second-order valence-corrected chi connectivity index (χ2v) is 4.90. The lowest BCUT2D eigenvalue weighted by Gasteiger charge is -2.15. The maximum atomic E-state index is 12.2. The van der Waals surface area contributed by atoms with Gasteiger partial charge in [-0.2, -0.15) is 5.10 Å². The third-order valence-corrected chi connectivity index (χ3v) is 3.36. The summed E-state index contributed by atoms with van der Waals surface area (Å²) in [4.78, 5) is 23.2. The summed E-state index contributed by atoms with van der Waals surface area (Å²) >= 11 is 0. The lowest BCUT2D eigenvalue weighted by atomic mass is 10.1. The second kappa shape index (κ2) is 5.90. The fourth-order valence-electron chi connectivity index (χ4n) is 2.17. The van der Waals surface area contributed by atoms with Crippen LogP contribution in [-0.2, 0) is 17.8 Å². The van der Waals surface area contributed by atoms with Crippen molar-refractivity contribution < 1.29 is 14.3 Å². The van der Waals surface area contributed by atoms with Crippen LogP contribution in [0.1, 0.15) is 32.1 Å².